The summed E-state index contributed by atoms with van der Waals surface area (Å²) in [7, 11) is -4.47. The Labute approximate surface area is 181 Å². The number of hydrogen-bond donors (Lipinski definition) is 0. The van der Waals surface area contributed by atoms with Crippen molar-refractivity contribution in [3.05, 3.63) is 59.7 Å². The Bertz CT molecular complexity index is 1020. The van der Waals surface area contributed by atoms with Crippen LogP contribution in [0.25, 0.3) is 0 Å². The highest BCUT2D eigenvalue weighted by Crippen LogP contribution is 2.31. The number of carbonyl (C=O) groups is 1. The summed E-state index contributed by atoms with van der Waals surface area (Å²) in [5.74, 6) is -0.0316. The lowest BCUT2D eigenvalue weighted by Crippen LogP contribution is -2.36. The third kappa shape index (κ3) is 6.99. The molecule has 0 bridgehead atoms. The zero-order valence-electron chi connectivity index (χ0n) is 17.8. The van der Waals surface area contributed by atoms with Crippen LogP contribution in [0.15, 0.2) is 53.4 Å². The van der Waals surface area contributed by atoms with Crippen LogP contribution in [0.1, 0.15) is 38.8 Å². The average molecular weight is 458 g/mol. The summed E-state index contributed by atoms with van der Waals surface area (Å²) < 4.78 is 68.8. The maximum atomic E-state index is 12.9. The third-order valence-electron chi connectivity index (χ3n) is 4.32. The molecule has 2 aromatic carbocycles. The van der Waals surface area contributed by atoms with E-state index in [4.69, 9.17) is 4.18 Å². The van der Waals surface area contributed by atoms with Gasteiger partial charge in [-0.3, -0.25) is 4.79 Å². The molecule has 0 radical (unpaired) electrons. The number of alkyl halides is 3. The van der Waals surface area contributed by atoms with Gasteiger partial charge in [0.2, 0.25) is 5.91 Å². The van der Waals surface area contributed by atoms with Gasteiger partial charge in [0.25, 0.3) is 0 Å². The fourth-order valence-electron chi connectivity index (χ4n) is 2.96. The second-order valence-electron chi connectivity index (χ2n) is 7.98. The van der Waals surface area contributed by atoms with Gasteiger partial charge in [-0.25, -0.2) is 0 Å². The Kier molecular flexibility index (Phi) is 7.75. The van der Waals surface area contributed by atoms with Crippen molar-refractivity contribution >= 4 is 16.0 Å². The molecule has 5 nitrogen and oxygen atoms in total. The van der Waals surface area contributed by atoms with Crippen molar-refractivity contribution in [2.45, 2.75) is 45.3 Å². The van der Waals surface area contributed by atoms with Crippen LogP contribution >= 0.6 is 0 Å². The molecule has 1 amide bonds. The summed E-state index contributed by atoms with van der Waals surface area (Å²) in [5, 5.41) is 0. The van der Waals surface area contributed by atoms with E-state index in [-0.39, 0.29) is 30.0 Å². The molecule has 0 aliphatic heterocycles. The minimum atomic E-state index is -4.67. The standard InChI is InChI=1S/C22H26F3NO4S/c1-15(2)13-26(21(27)16(3)4)14-17-7-5-9-19(11-17)30-31(28,29)20-10-6-8-18(12-20)22(23,24)25/h5-12,15-16H,13-14H2,1-4H3. The number of halogens is 3. The van der Waals surface area contributed by atoms with E-state index >= 15 is 0 Å². The van der Waals surface area contributed by atoms with Gasteiger partial charge in [-0.05, 0) is 41.8 Å². The second-order valence-corrected chi connectivity index (χ2v) is 9.52. The average Bonchev–Trinajstić information content (AvgIpc) is 2.66. The quantitative estimate of drug-likeness (QED) is 0.517. The third-order valence-corrected chi connectivity index (χ3v) is 5.56. The van der Waals surface area contributed by atoms with E-state index in [0.717, 1.165) is 18.2 Å². The highest BCUT2D eigenvalue weighted by atomic mass is 32.2. The van der Waals surface area contributed by atoms with Crippen LogP contribution < -0.4 is 4.18 Å². The largest absolute Gasteiger partial charge is 0.416 e. The lowest BCUT2D eigenvalue weighted by atomic mass is 10.1. The van der Waals surface area contributed by atoms with Crippen LogP contribution in [0.3, 0.4) is 0 Å². The van der Waals surface area contributed by atoms with Gasteiger partial charge in [-0.15, -0.1) is 0 Å². The van der Waals surface area contributed by atoms with E-state index in [2.05, 4.69) is 0 Å². The molecular formula is C22H26F3NO4S. The monoisotopic (exact) mass is 457 g/mol. The predicted octanol–water partition coefficient (Wildman–Crippen LogP) is 5.11. The maximum absolute atomic E-state index is 12.9. The molecule has 2 rings (SSSR count). The zero-order valence-corrected chi connectivity index (χ0v) is 18.6. The summed E-state index contributed by atoms with van der Waals surface area (Å²) in [5.41, 5.74) is -0.436. The van der Waals surface area contributed by atoms with E-state index < -0.39 is 26.8 Å². The lowest BCUT2D eigenvalue weighted by molar-refractivity contribution is -0.138. The normalized spacial score (nSPS) is 12.3. The Hall–Kier alpha value is -2.55. The summed E-state index contributed by atoms with van der Waals surface area (Å²) in [6, 6.07) is 9.53. The summed E-state index contributed by atoms with van der Waals surface area (Å²) >= 11 is 0. The van der Waals surface area contributed by atoms with E-state index in [0.29, 0.717) is 18.2 Å². The first kappa shape index (κ1) is 24.7. The van der Waals surface area contributed by atoms with Gasteiger partial charge < -0.3 is 9.08 Å². The molecule has 0 aromatic heterocycles. The molecule has 9 heteroatoms. The van der Waals surface area contributed by atoms with Crippen LogP contribution in [0.5, 0.6) is 5.75 Å². The van der Waals surface area contributed by atoms with Gasteiger partial charge in [0, 0.05) is 19.0 Å². The van der Waals surface area contributed by atoms with E-state index in [9.17, 15) is 26.4 Å². The molecule has 0 spiro atoms. The van der Waals surface area contributed by atoms with Crippen molar-refractivity contribution in [3.63, 3.8) is 0 Å². The van der Waals surface area contributed by atoms with Gasteiger partial charge in [-0.2, -0.15) is 21.6 Å². The molecule has 0 fully saturated rings. The van der Waals surface area contributed by atoms with Gasteiger partial charge in [0.1, 0.15) is 10.6 Å². The lowest BCUT2D eigenvalue weighted by Gasteiger charge is -2.26. The number of rotatable bonds is 8. The van der Waals surface area contributed by atoms with Crippen molar-refractivity contribution in [1.82, 2.24) is 4.90 Å². The van der Waals surface area contributed by atoms with Crippen molar-refractivity contribution in [1.29, 1.82) is 0 Å². The van der Waals surface area contributed by atoms with Gasteiger partial charge in [-0.1, -0.05) is 45.9 Å². The Balaban J connectivity index is 2.26. The summed E-state index contributed by atoms with van der Waals surface area (Å²) in [4.78, 5) is 13.6. The van der Waals surface area contributed by atoms with Crippen LogP contribution in [-0.4, -0.2) is 25.8 Å². The highest BCUT2D eigenvalue weighted by molar-refractivity contribution is 7.87. The molecule has 0 aliphatic carbocycles. The number of hydrogen-bond acceptors (Lipinski definition) is 4. The molecule has 170 valence electrons. The smallest absolute Gasteiger partial charge is 0.379 e. The molecular weight excluding hydrogens is 431 g/mol. The molecule has 2 aromatic rings. The number of nitrogens with zero attached hydrogens (tertiary/aromatic N) is 1. The minimum Gasteiger partial charge on any atom is -0.379 e. The van der Waals surface area contributed by atoms with E-state index in [1.165, 1.54) is 12.1 Å². The van der Waals surface area contributed by atoms with Crippen LogP contribution in [0.4, 0.5) is 13.2 Å². The fraction of sp³-hybridized carbons (Fsp3) is 0.409. The first-order chi connectivity index (χ1) is 14.3. The first-order valence-electron chi connectivity index (χ1n) is 9.79. The Morgan fingerprint density at radius 1 is 1.03 bits per heavy atom. The molecule has 0 heterocycles. The summed E-state index contributed by atoms with van der Waals surface area (Å²) in [6.07, 6.45) is -4.67. The summed E-state index contributed by atoms with van der Waals surface area (Å²) in [6.45, 7) is 8.37. The van der Waals surface area contributed by atoms with Gasteiger partial charge >= 0.3 is 16.3 Å². The molecule has 31 heavy (non-hydrogen) atoms. The van der Waals surface area contributed by atoms with Gasteiger partial charge in [0.05, 0.1) is 5.56 Å². The molecule has 0 N–H and O–H groups in total. The SMILES string of the molecule is CC(C)CN(Cc1cccc(OS(=O)(=O)c2cccc(C(F)(F)F)c2)c1)C(=O)C(C)C. The van der Waals surface area contributed by atoms with Crippen molar-refractivity contribution in [3.8, 4) is 5.75 Å². The van der Waals surface area contributed by atoms with E-state index in [1.807, 2.05) is 13.8 Å². The number of carbonyl (C=O) groups excluding carboxylic acids is 1. The molecule has 0 atom stereocenters. The van der Waals surface area contributed by atoms with Crippen LogP contribution in [-0.2, 0) is 27.6 Å². The zero-order chi connectivity index (χ0) is 23.4. The number of amides is 1. The van der Waals surface area contributed by atoms with Crippen molar-refractivity contribution in [2.75, 3.05) is 6.54 Å². The molecule has 0 unspecified atom stereocenters. The Morgan fingerprint density at radius 3 is 2.26 bits per heavy atom. The Morgan fingerprint density at radius 2 is 1.68 bits per heavy atom. The topological polar surface area (TPSA) is 63.7 Å². The number of benzene rings is 2. The fourth-order valence-corrected chi connectivity index (χ4v) is 3.93. The highest BCUT2D eigenvalue weighted by Gasteiger charge is 2.32. The van der Waals surface area contributed by atoms with Crippen molar-refractivity contribution in [2.24, 2.45) is 11.8 Å². The second kappa shape index (κ2) is 9.72. The predicted molar refractivity (Wildman–Crippen MR) is 111 cm³/mol. The minimum absolute atomic E-state index is 0.0309. The molecule has 0 aliphatic rings. The molecule has 0 saturated carbocycles. The van der Waals surface area contributed by atoms with Crippen LogP contribution in [0, 0.1) is 11.8 Å². The maximum Gasteiger partial charge on any atom is 0.416 e. The van der Waals surface area contributed by atoms with E-state index in [1.54, 1.807) is 30.9 Å². The van der Waals surface area contributed by atoms with Crippen molar-refractivity contribution < 1.29 is 30.6 Å². The first-order valence-corrected chi connectivity index (χ1v) is 11.2. The molecule has 0 saturated heterocycles. The van der Waals surface area contributed by atoms with Gasteiger partial charge in [0.15, 0.2) is 0 Å². The van der Waals surface area contributed by atoms with Crippen LogP contribution in [0.2, 0.25) is 0 Å².